The third-order valence-electron chi connectivity index (χ3n) is 4.24. The molecule has 23 heavy (non-hydrogen) atoms. The number of anilines is 1. The van der Waals surface area contributed by atoms with Crippen LogP contribution in [0.4, 0.5) is 5.82 Å². The van der Waals surface area contributed by atoms with Crippen molar-refractivity contribution in [2.75, 3.05) is 5.32 Å². The van der Waals surface area contributed by atoms with Gasteiger partial charge in [0.1, 0.15) is 5.82 Å². The number of aromatic nitrogens is 2. The van der Waals surface area contributed by atoms with E-state index in [1.54, 1.807) is 4.68 Å². The van der Waals surface area contributed by atoms with Gasteiger partial charge in [0, 0.05) is 22.3 Å². The van der Waals surface area contributed by atoms with Crippen LogP contribution in [0.15, 0.2) is 18.2 Å². The number of rotatable bonds is 3. The smallest absolute Gasteiger partial charge is 0.228 e. The van der Waals surface area contributed by atoms with E-state index in [9.17, 15) is 9.00 Å². The fourth-order valence-corrected chi connectivity index (χ4v) is 3.92. The normalized spacial score (nSPS) is 16.7. The maximum Gasteiger partial charge on any atom is 0.228 e. The number of nitrogens with zero attached hydrogens (tertiary/aromatic N) is 2. The molecule has 0 unspecified atom stereocenters. The number of fused-ring (bicyclic) bond motifs is 1. The first-order valence-corrected chi connectivity index (χ1v) is 9.20. The molecule has 0 saturated heterocycles. The summed E-state index contributed by atoms with van der Waals surface area (Å²) >= 11 is 0. The highest BCUT2D eigenvalue weighted by Gasteiger charge is 2.29. The van der Waals surface area contributed by atoms with Gasteiger partial charge in [-0.3, -0.25) is 9.00 Å². The van der Waals surface area contributed by atoms with Gasteiger partial charge in [0.25, 0.3) is 0 Å². The maximum absolute atomic E-state index is 12.2. The lowest BCUT2D eigenvalue weighted by molar-refractivity contribution is -0.118. The van der Waals surface area contributed by atoms with E-state index in [1.165, 1.54) is 5.56 Å². The van der Waals surface area contributed by atoms with Gasteiger partial charge in [-0.25, -0.2) is 4.68 Å². The van der Waals surface area contributed by atoms with E-state index in [2.05, 4.69) is 23.4 Å². The Bertz CT molecular complexity index is 808. The second kappa shape index (κ2) is 5.92. The Hall–Kier alpha value is -1.95. The van der Waals surface area contributed by atoms with Gasteiger partial charge in [-0.2, -0.15) is 5.10 Å². The monoisotopic (exact) mass is 331 g/mol. The summed E-state index contributed by atoms with van der Waals surface area (Å²) in [6.45, 7) is 7.81. The maximum atomic E-state index is 12.2. The summed E-state index contributed by atoms with van der Waals surface area (Å²) in [5.74, 6) is 1.39. The van der Waals surface area contributed by atoms with Crippen molar-refractivity contribution in [2.45, 2.75) is 39.2 Å². The zero-order valence-electron chi connectivity index (χ0n) is 13.8. The van der Waals surface area contributed by atoms with Crippen LogP contribution < -0.4 is 5.32 Å². The van der Waals surface area contributed by atoms with Crippen molar-refractivity contribution in [3.63, 3.8) is 0 Å². The molecule has 0 bridgehead atoms. The Kier molecular flexibility index (Phi) is 4.10. The number of hydrogen-bond acceptors (Lipinski definition) is 3. The van der Waals surface area contributed by atoms with Crippen LogP contribution in [0.1, 0.15) is 36.2 Å². The minimum atomic E-state index is -0.926. The number of amides is 1. The first kappa shape index (κ1) is 15.9. The molecule has 1 atom stereocenters. The fraction of sp³-hybridized carbons (Fsp3) is 0.412. The molecule has 1 aromatic carbocycles. The molecule has 1 amide bonds. The second-order valence-corrected chi connectivity index (χ2v) is 7.73. The van der Waals surface area contributed by atoms with Gasteiger partial charge >= 0.3 is 0 Å². The zero-order chi connectivity index (χ0) is 16.7. The van der Waals surface area contributed by atoms with E-state index >= 15 is 0 Å². The Morgan fingerprint density at radius 2 is 2.04 bits per heavy atom. The van der Waals surface area contributed by atoms with Crippen LogP contribution in [0.25, 0.3) is 5.69 Å². The average molecular weight is 331 g/mol. The summed E-state index contributed by atoms with van der Waals surface area (Å²) in [6, 6.07) is 6.03. The lowest BCUT2D eigenvalue weighted by Crippen LogP contribution is -2.21. The average Bonchev–Trinajstić information content (AvgIpc) is 2.99. The molecule has 3 rings (SSSR count). The first-order valence-electron chi connectivity index (χ1n) is 7.71. The molecule has 122 valence electrons. The van der Waals surface area contributed by atoms with Gasteiger partial charge in [-0.15, -0.1) is 0 Å². The molecule has 0 saturated carbocycles. The van der Waals surface area contributed by atoms with Gasteiger partial charge in [0.15, 0.2) is 0 Å². The Labute approximate surface area is 138 Å². The topological polar surface area (TPSA) is 64.0 Å². The van der Waals surface area contributed by atoms with Gasteiger partial charge in [0.2, 0.25) is 5.91 Å². The predicted molar refractivity (Wildman–Crippen MR) is 92.1 cm³/mol. The van der Waals surface area contributed by atoms with Crippen LogP contribution in [0.5, 0.6) is 0 Å². The molecule has 0 fully saturated rings. The van der Waals surface area contributed by atoms with Gasteiger partial charge in [-0.05, 0) is 31.0 Å². The Balaban J connectivity index is 2.14. The lowest BCUT2D eigenvalue weighted by atomic mass is 10.1. The zero-order valence-corrected chi connectivity index (χ0v) is 14.7. The summed E-state index contributed by atoms with van der Waals surface area (Å²) in [5.41, 5.74) is 4.96. The summed E-state index contributed by atoms with van der Waals surface area (Å²) in [6.07, 6.45) is 0. The molecule has 5 nitrogen and oxygen atoms in total. The van der Waals surface area contributed by atoms with Crippen molar-refractivity contribution in [3.8, 4) is 5.69 Å². The van der Waals surface area contributed by atoms with E-state index in [0.29, 0.717) is 17.3 Å². The predicted octanol–water partition coefficient (Wildman–Crippen LogP) is 2.85. The number of benzene rings is 1. The Morgan fingerprint density at radius 3 is 2.74 bits per heavy atom. The van der Waals surface area contributed by atoms with E-state index in [1.807, 2.05) is 32.9 Å². The van der Waals surface area contributed by atoms with Crippen molar-refractivity contribution in [3.05, 3.63) is 40.6 Å². The highest BCUT2D eigenvalue weighted by Crippen LogP contribution is 2.32. The number of aryl methyl sites for hydroxylation is 1. The van der Waals surface area contributed by atoms with Crippen molar-refractivity contribution in [1.29, 1.82) is 0 Å². The number of nitrogens with one attached hydrogen (secondary N) is 1. The molecule has 1 aromatic heterocycles. The van der Waals surface area contributed by atoms with Crippen molar-refractivity contribution in [1.82, 2.24) is 9.78 Å². The third kappa shape index (κ3) is 2.83. The highest BCUT2D eigenvalue weighted by atomic mass is 32.2. The summed E-state index contributed by atoms with van der Waals surface area (Å²) in [5, 5.41) is 7.62. The highest BCUT2D eigenvalue weighted by molar-refractivity contribution is 7.83. The van der Waals surface area contributed by atoms with Gasteiger partial charge in [0.05, 0.1) is 22.9 Å². The fourth-order valence-electron chi connectivity index (χ4n) is 2.66. The van der Waals surface area contributed by atoms with E-state index < -0.39 is 10.8 Å². The van der Waals surface area contributed by atoms with Crippen molar-refractivity contribution < 1.29 is 9.00 Å². The van der Waals surface area contributed by atoms with Crippen LogP contribution >= 0.6 is 0 Å². The molecule has 1 N–H and O–H groups in total. The molecule has 6 heteroatoms. The van der Waals surface area contributed by atoms with E-state index in [0.717, 1.165) is 22.5 Å². The molecular formula is C17H21N3O2S. The number of hydrogen-bond donors (Lipinski definition) is 1. The first-order chi connectivity index (χ1) is 10.9. The largest absolute Gasteiger partial charge is 0.310 e. The van der Waals surface area contributed by atoms with Crippen LogP contribution in [0.2, 0.25) is 0 Å². The Morgan fingerprint density at radius 1 is 1.30 bits per heavy atom. The van der Waals surface area contributed by atoms with Crippen molar-refractivity contribution in [2.24, 2.45) is 5.92 Å². The van der Waals surface area contributed by atoms with Crippen LogP contribution in [0, 0.1) is 19.8 Å². The van der Waals surface area contributed by atoms with Crippen LogP contribution in [-0.4, -0.2) is 19.9 Å². The third-order valence-corrected chi connectivity index (χ3v) is 5.45. The molecule has 1 aliphatic rings. The van der Waals surface area contributed by atoms with Crippen LogP contribution in [0.3, 0.4) is 0 Å². The van der Waals surface area contributed by atoms with Crippen LogP contribution in [-0.2, 0) is 27.1 Å². The molecule has 1 aliphatic heterocycles. The lowest BCUT2D eigenvalue weighted by Gasteiger charge is -2.15. The van der Waals surface area contributed by atoms with Gasteiger partial charge < -0.3 is 5.32 Å². The van der Waals surface area contributed by atoms with Crippen molar-refractivity contribution >= 4 is 22.5 Å². The molecule has 2 heterocycles. The van der Waals surface area contributed by atoms with E-state index in [4.69, 9.17) is 0 Å². The van der Waals surface area contributed by atoms with Gasteiger partial charge in [-0.1, -0.05) is 26.0 Å². The second-order valence-electron chi connectivity index (χ2n) is 6.28. The molecule has 2 aromatic rings. The molecule has 0 spiro atoms. The minimum Gasteiger partial charge on any atom is -0.310 e. The molecule has 0 radical (unpaired) electrons. The standard InChI is InChI=1S/C17H21N3O2S/c1-10(2)17(21)18-16-13-8-23(22)9-14(13)19-20(16)15-7-5-6-11(3)12(15)4/h5-7,10H,8-9H2,1-4H3,(H,18,21)/t23-/m1/s1. The quantitative estimate of drug-likeness (QED) is 0.940. The summed E-state index contributed by atoms with van der Waals surface area (Å²) in [4.78, 5) is 12.2. The molecular weight excluding hydrogens is 310 g/mol. The number of carbonyl (C=O) groups is 1. The number of carbonyl (C=O) groups excluding carboxylic acids is 1. The summed E-state index contributed by atoms with van der Waals surface area (Å²) < 4.78 is 13.6. The SMILES string of the molecule is Cc1cccc(-n2nc3c(c2NC(=O)C(C)C)C[S@@](=O)C3)c1C. The molecule has 0 aliphatic carbocycles. The minimum absolute atomic E-state index is 0.0584. The summed E-state index contributed by atoms with van der Waals surface area (Å²) in [7, 11) is -0.926. The van der Waals surface area contributed by atoms with E-state index in [-0.39, 0.29) is 11.8 Å².